The summed E-state index contributed by atoms with van der Waals surface area (Å²) in [7, 11) is 1.87. The summed E-state index contributed by atoms with van der Waals surface area (Å²) >= 11 is 0. The minimum absolute atomic E-state index is 0.0657. The summed E-state index contributed by atoms with van der Waals surface area (Å²) in [5, 5.41) is 4.69. The fourth-order valence-corrected chi connectivity index (χ4v) is 3.96. The van der Waals surface area contributed by atoms with E-state index in [2.05, 4.69) is 19.1 Å². The van der Waals surface area contributed by atoms with Crippen molar-refractivity contribution in [2.75, 3.05) is 7.05 Å². The molecule has 1 amide bonds. The zero-order valence-corrected chi connectivity index (χ0v) is 16.2. The molecule has 3 aromatic rings. The van der Waals surface area contributed by atoms with E-state index < -0.39 is 0 Å². The van der Waals surface area contributed by atoms with Crippen molar-refractivity contribution < 1.29 is 4.79 Å². The largest absolute Gasteiger partial charge is 0.337 e. The van der Waals surface area contributed by atoms with E-state index in [4.69, 9.17) is 5.10 Å². The van der Waals surface area contributed by atoms with E-state index in [9.17, 15) is 4.79 Å². The van der Waals surface area contributed by atoms with Crippen LogP contribution < -0.4 is 0 Å². The lowest BCUT2D eigenvalue weighted by molar-refractivity contribution is 0.0784. The highest BCUT2D eigenvalue weighted by molar-refractivity contribution is 5.94. The fraction of sp³-hybridized carbons (Fsp3) is 0.304. The van der Waals surface area contributed by atoms with E-state index in [1.165, 1.54) is 17.5 Å². The Morgan fingerprint density at radius 1 is 1.07 bits per heavy atom. The van der Waals surface area contributed by atoms with Crippen LogP contribution in [-0.4, -0.2) is 27.6 Å². The van der Waals surface area contributed by atoms with E-state index in [0.29, 0.717) is 6.54 Å². The summed E-state index contributed by atoms with van der Waals surface area (Å²) in [4.78, 5) is 14.7. The zero-order chi connectivity index (χ0) is 19.0. The fourth-order valence-electron chi connectivity index (χ4n) is 3.96. The Morgan fingerprint density at radius 2 is 1.81 bits per heavy atom. The van der Waals surface area contributed by atoms with Gasteiger partial charge in [0, 0.05) is 30.4 Å². The van der Waals surface area contributed by atoms with Gasteiger partial charge in [0.25, 0.3) is 5.91 Å². The van der Waals surface area contributed by atoms with Crippen molar-refractivity contribution in [2.45, 2.75) is 39.7 Å². The van der Waals surface area contributed by atoms with Gasteiger partial charge in [-0.3, -0.25) is 4.79 Å². The number of hydrogen-bond donors (Lipinski definition) is 0. The predicted octanol–water partition coefficient (Wildman–Crippen LogP) is 4.25. The lowest BCUT2D eigenvalue weighted by atomic mass is 10.1. The molecule has 0 bridgehead atoms. The third kappa shape index (κ3) is 3.27. The van der Waals surface area contributed by atoms with Gasteiger partial charge in [-0.2, -0.15) is 5.10 Å². The van der Waals surface area contributed by atoms with Gasteiger partial charge in [0.15, 0.2) is 0 Å². The Hall–Kier alpha value is -2.88. The van der Waals surface area contributed by atoms with Crippen molar-refractivity contribution in [1.29, 1.82) is 0 Å². The summed E-state index contributed by atoms with van der Waals surface area (Å²) in [5.74, 6) is 0.0657. The minimum Gasteiger partial charge on any atom is -0.337 e. The minimum atomic E-state index is 0.0657. The summed E-state index contributed by atoms with van der Waals surface area (Å²) in [6.45, 7) is 4.63. The standard InChI is InChI=1S/C23H25N3O/c1-16-22(17(2)26(24-16)21-10-5-4-6-11-21)15-25(3)23(27)20-13-12-18-8-7-9-19(18)14-20/h4-6,10-14H,7-9,15H2,1-3H3. The van der Waals surface area contributed by atoms with Crippen LogP contribution in [-0.2, 0) is 19.4 Å². The van der Waals surface area contributed by atoms with Gasteiger partial charge in [0.2, 0.25) is 0 Å². The van der Waals surface area contributed by atoms with Crippen LogP contribution in [0.1, 0.15) is 44.9 Å². The van der Waals surface area contributed by atoms with Crippen molar-refractivity contribution in [1.82, 2.24) is 14.7 Å². The second-order valence-corrected chi connectivity index (χ2v) is 7.39. The van der Waals surface area contributed by atoms with Gasteiger partial charge in [-0.05, 0) is 68.5 Å². The molecule has 4 nitrogen and oxygen atoms in total. The highest BCUT2D eigenvalue weighted by Gasteiger charge is 2.20. The third-order valence-corrected chi connectivity index (χ3v) is 5.53. The number of amides is 1. The van der Waals surface area contributed by atoms with Crippen LogP contribution in [0.25, 0.3) is 5.69 Å². The van der Waals surface area contributed by atoms with Crippen LogP contribution in [0.4, 0.5) is 0 Å². The second-order valence-electron chi connectivity index (χ2n) is 7.39. The first-order valence-corrected chi connectivity index (χ1v) is 9.52. The number of rotatable bonds is 4. The molecule has 1 aliphatic carbocycles. The molecule has 4 rings (SSSR count). The monoisotopic (exact) mass is 359 g/mol. The maximum atomic E-state index is 12.9. The SMILES string of the molecule is Cc1nn(-c2ccccc2)c(C)c1CN(C)C(=O)c1ccc2c(c1)CCC2. The van der Waals surface area contributed by atoms with Crippen LogP contribution in [0.3, 0.4) is 0 Å². The van der Waals surface area contributed by atoms with Crippen LogP contribution in [0.15, 0.2) is 48.5 Å². The van der Waals surface area contributed by atoms with Crippen molar-refractivity contribution in [3.8, 4) is 5.69 Å². The van der Waals surface area contributed by atoms with Gasteiger partial charge in [-0.1, -0.05) is 24.3 Å². The molecule has 0 radical (unpaired) electrons. The molecule has 0 fully saturated rings. The number of aromatic nitrogens is 2. The van der Waals surface area contributed by atoms with E-state index in [1.54, 1.807) is 4.90 Å². The zero-order valence-electron chi connectivity index (χ0n) is 16.2. The maximum Gasteiger partial charge on any atom is 0.253 e. The number of para-hydroxylation sites is 1. The van der Waals surface area contributed by atoms with Crippen LogP contribution in [0.2, 0.25) is 0 Å². The molecule has 0 unspecified atom stereocenters. The molecule has 0 N–H and O–H groups in total. The molecule has 138 valence electrons. The molecule has 2 aromatic carbocycles. The molecule has 27 heavy (non-hydrogen) atoms. The molecule has 0 saturated carbocycles. The van der Waals surface area contributed by atoms with Gasteiger partial charge in [-0.15, -0.1) is 0 Å². The Balaban J connectivity index is 1.57. The van der Waals surface area contributed by atoms with Crippen molar-refractivity contribution >= 4 is 5.91 Å². The van der Waals surface area contributed by atoms with Crippen LogP contribution >= 0.6 is 0 Å². The smallest absolute Gasteiger partial charge is 0.253 e. The van der Waals surface area contributed by atoms with Crippen LogP contribution in [0, 0.1) is 13.8 Å². The molecule has 0 saturated heterocycles. The predicted molar refractivity (Wildman–Crippen MR) is 107 cm³/mol. The topological polar surface area (TPSA) is 38.1 Å². The van der Waals surface area contributed by atoms with E-state index in [0.717, 1.165) is 41.0 Å². The third-order valence-electron chi connectivity index (χ3n) is 5.53. The second kappa shape index (κ2) is 7.03. The Bertz CT molecular complexity index is 988. The molecule has 1 heterocycles. The summed E-state index contributed by atoms with van der Waals surface area (Å²) < 4.78 is 1.96. The Kier molecular flexibility index (Phi) is 4.56. The normalized spacial score (nSPS) is 12.9. The number of hydrogen-bond acceptors (Lipinski definition) is 2. The van der Waals surface area contributed by atoms with Gasteiger partial charge in [0.05, 0.1) is 11.4 Å². The molecule has 4 heteroatoms. The number of fused-ring (bicyclic) bond motifs is 1. The summed E-state index contributed by atoms with van der Waals surface area (Å²) in [6, 6.07) is 16.3. The summed E-state index contributed by atoms with van der Waals surface area (Å²) in [5.41, 5.74) is 7.69. The first kappa shape index (κ1) is 17.5. The quantitative estimate of drug-likeness (QED) is 0.698. The molecular weight excluding hydrogens is 334 g/mol. The molecule has 0 spiro atoms. The summed E-state index contributed by atoms with van der Waals surface area (Å²) in [6.07, 6.45) is 3.42. The average Bonchev–Trinajstić information content (AvgIpc) is 3.27. The first-order chi connectivity index (χ1) is 13.0. The van der Waals surface area contributed by atoms with Gasteiger partial charge in [0.1, 0.15) is 0 Å². The molecular formula is C23H25N3O. The van der Waals surface area contributed by atoms with E-state index >= 15 is 0 Å². The molecule has 0 aliphatic heterocycles. The van der Waals surface area contributed by atoms with E-state index in [1.807, 2.05) is 55.1 Å². The maximum absolute atomic E-state index is 12.9. The number of carbonyl (C=O) groups is 1. The number of nitrogens with zero attached hydrogens (tertiary/aromatic N) is 3. The highest BCUT2D eigenvalue weighted by atomic mass is 16.2. The highest BCUT2D eigenvalue weighted by Crippen LogP contribution is 2.24. The number of aryl methyl sites for hydroxylation is 3. The van der Waals surface area contributed by atoms with E-state index in [-0.39, 0.29) is 5.91 Å². The molecule has 1 aliphatic rings. The molecule has 1 aromatic heterocycles. The molecule has 0 atom stereocenters. The Labute approximate surface area is 160 Å². The first-order valence-electron chi connectivity index (χ1n) is 9.52. The average molecular weight is 359 g/mol. The lowest BCUT2D eigenvalue weighted by Gasteiger charge is -2.18. The van der Waals surface area contributed by atoms with Crippen molar-refractivity contribution in [3.05, 3.63) is 82.2 Å². The Morgan fingerprint density at radius 3 is 2.59 bits per heavy atom. The van der Waals surface area contributed by atoms with Gasteiger partial charge < -0.3 is 4.90 Å². The van der Waals surface area contributed by atoms with Gasteiger partial charge >= 0.3 is 0 Å². The van der Waals surface area contributed by atoms with Crippen molar-refractivity contribution in [2.24, 2.45) is 0 Å². The lowest BCUT2D eigenvalue weighted by Crippen LogP contribution is -2.26. The van der Waals surface area contributed by atoms with Gasteiger partial charge in [-0.25, -0.2) is 4.68 Å². The number of benzene rings is 2. The van der Waals surface area contributed by atoms with Crippen molar-refractivity contribution in [3.63, 3.8) is 0 Å². The van der Waals surface area contributed by atoms with Crippen LogP contribution in [0.5, 0.6) is 0 Å². The number of carbonyl (C=O) groups excluding carboxylic acids is 1.